The molecule has 5 heteroatoms. The molecule has 0 atom stereocenters. The molecule has 1 fully saturated rings. The summed E-state index contributed by atoms with van der Waals surface area (Å²) in [5, 5.41) is 0. The molecule has 1 aliphatic carbocycles. The predicted octanol–water partition coefficient (Wildman–Crippen LogP) is 3.04. The van der Waals surface area contributed by atoms with E-state index in [1.807, 2.05) is 35.2 Å². The molecule has 3 rings (SSSR count). The molecule has 0 heterocycles. The quantitative estimate of drug-likeness (QED) is 0.810. The fourth-order valence-electron chi connectivity index (χ4n) is 2.75. The number of carbonyl (C=O) groups is 1. The van der Waals surface area contributed by atoms with E-state index >= 15 is 0 Å². The van der Waals surface area contributed by atoms with Crippen LogP contribution >= 0.6 is 0 Å². The molecule has 1 amide bonds. The SMILES string of the molecule is CS(=O)(=O)Cc1ccc(C(=O)N(Cc2ccccc2)C2CC2)cc1. The summed E-state index contributed by atoms with van der Waals surface area (Å²) in [5.74, 6) is 0.00456. The van der Waals surface area contributed by atoms with Gasteiger partial charge in [0.05, 0.1) is 5.75 Å². The lowest BCUT2D eigenvalue weighted by Crippen LogP contribution is -2.32. The Morgan fingerprint density at radius 1 is 1.00 bits per heavy atom. The van der Waals surface area contributed by atoms with Crippen molar-refractivity contribution < 1.29 is 13.2 Å². The van der Waals surface area contributed by atoms with Crippen LogP contribution in [0.3, 0.4) is 0 Å². The van der Waals surface area contributed by atoms with Crippen LogP contribution in [0, 0.1) is 0 Å². The monoisotopic (exact) mass is 343 g/mol. The Kier molecular flexibility index (Phi) is 4.71. The van der Waals surface area contributed by atoms with Crippen LogP contribution in [0.15, 0.2) is 54.6 Å². The molecule has 1 aliphatic rings. The smallest absolute Gasteiger partial charge is 0.254 e. The maximum Gasteiger partial charge on any atom is 0.254 e. The Hall–Kier alpha value is -2.14. The second-order valence-electron chi connectivity index (χ2n) is 6.42. The predicted molar refractivity (Wildman–Crippen MR) is 94.3 cm³/mol. The van der Waals surface area contributed by atoms with Crippen LogP contribution in [0.4, 0.5) is 0 Å². The van der Waals surface area contributed by atoms with E-state index in [2.05, 4.69) is 0 Å². The Morgan fingerprint density at radius 3 is 2.17 bits per heavy atom. The van der Waals surface area contributed by atoms with Crippen molar-refractivity contribution in [3.8, 4) is 0 Å². The molecule has 4 nitrogen and oxygen atoms in total. The van der Waals surface area contributed by atoms with Gasteiger partial charge >= 0.3 is 0 Å². The van der Waals surface area contributed by atoms with Gasteiger partial charge in [-0.15, -0.1) is 0 Å². The van der Waals surface area contributed by atoms with Crippen molar-refractivity contribution in [1.29, 1.82) is 0 Å². The third-order valence-corrected chi connectivity index (χ3v) is 4.93. The number of amides is 1. The van der Waals surface area contributed by atoms with Gasteiger partial charge in [0.15, 0.2) is 9.84 Å². The van der Waals surface area contributed by atoms with Gasteiger partial charge in [-0.2, -0.15) is 0 Å². The number of carbonyl (C=O) groups excluding carboxylic acids is 1. The molecular weight excluding hydrogens is 322 g/mol. The van der Waals surface area contributed by atoms with Crippen LogP contribution in [-0.4, -0.2) is 31.5 Å². The highest BCUT2D eigenvalue weighted by molar-refractivity contribution is 7.89. The molecule has 0 N–H and O–H groups in total. The number of sulfone groups is 1. The van der Waals surface area contributed by atoms with Crippen LogP contribution in [0.5, 0.6) is 0 Å². The minimum absolute atomic E-state index is 0.00216. The summed E-state index contributed by atoms with van der Waals surface area (Å²) >= 11 is 0. The van der Waals surface area contributed by atoms with Crippen molar-refractivity contribution >= 4 is 15.7 Å². The molecule has 2 aromatic carbocycles. The van der Waals surface area contributed by atoms with E-state index in [0.29, 0.717) is 23.7 Å². The molecule has 0 bridgehead atoms. The molecule has 126 valence electrons. The Balaban J connectivity index is 1.75. The summed E-state index contributed by atoms with van der Waals surface area (Å²) in [4.78, 5) is 14.8. The van der Waals surface area contributed by atoms with Crippen molar-refractivity contribution in [1.82, 2.24) is 4.90 Å². The molecule has 0 saturated heterocycles. The van der Waals surface area contributed by atoms with Gasteiger partial charge in [-0.1, -0.05) is 42.5 Å². The summed E-state index contributed by atoms with van der Waals surface area (Å²) in [6, 6.07) is 17.2. The second-order valence-corrected chi connectivity index (χ2v) is 8.56. The van der Waals surface area contributed by atoms with E-state index in [9.17, 15) is 13.2 Å². The molecule has 0 aromatic heterocycles. The minimum Gasteiger partial charge on any atom is -0.331 e. The fourth-order valence-corrected chi connectivity index (χ4v) is 3.54. The van der Waals surface area contributed by atoms with Crippen LogP contribution in [0.25, 0.3) is 0 Å². The van der Waals surface area contributed by atoms with E-state index in [4.69, 9.17) is 0 Å². The first-order valence-electron chi connectivity index (χ1n) is 8.04. The Morgan fingerprint density at radius 2 is 1.62 bits per heavy atom. The Bertz CT molecular complexity index is 809. The van der Waals surface area contributed by atoms with Crippen molar-refractivity contribution in [3.63, 3.8) is 0 Å². The van der Waals surface area contributed by atoms with Gasteiger partial charge in [-0.25, -0.2) is 8.42 Å². The molecule has 24 heavy (non-hydrogen) atoms. The molecule has 2 aromatic rings. The lowest BCUT2D eigenvalue weighted by Gasteiger charge is -2.23. The first-order valence-corrected chi connectivity index (χ1v) is 10.1. The molecule has 0 spiro atoms. The first kappa shape index (κ1) is 16.7. The number of rotatable bonds is 6. The minimum atomic E-state index is -3.07. The van der Waals surface area contributed by atoms with Gasteiger partial charge in [0.1, 0.15) is 0 Å². The normalized spacial score (nSPS) is 14.4. The van der Waals surface area contributed by atoms with E-state index in [1.54, 1.807) is 24.3 Å². The van der Waals surface area contributed by atoms with Crippen molar-refractivity contribution in [3.05, 3.63) is 71.3 Å². The van der Waals surface area contributed by atoms with Gasteiger partial charge in [0.2, 0.25) is 0 Å². The lowest BCUT2D eigenvalue weighted by molar-refractivity contribution is 0.0730. The first-order chi connectivity index (χ1) is 11.4. The number of nitrogens with zero attached hydrogens (tertiary/aromatic N) is 1. The summed E-state index contributed by atoms with van der Waals surface area (Å²) in [5.41, 5.74) is 2.43. The zero-order valence-corrected chi connectivity index (χ0v) is 14.5. The summed E-state index contributed by atoms with van der Waals surface area (Å²) < 4.78 is 22.7. The highest BCUT2D eigenvalue weighted by Gasteiger charge is 2.33. The van der Waals surface area contributed by atoms with Gasteiger partial charge in [-0.3, -0.25) is 4.79 Å². The molecule has 0 radical (unpaired) electrons. The fraction of sp³-hybridized carbons (Fsp3) is 0.316. The van der Waals surface area contributed by atoms with Crippen LogP contribution in [0.2, 0.25) is 0 Å². The second kappa shape index (κ2) is 6.77. The van der Waals surface area contributed by atoms with E-state index in [-0.39, 0.29) is 11.7 Å². The van der Waals surface area contributed by atoms with E-state index in [0.717, 1.165) is 18.4 Å². The topological polar surface area (TPSA) is 54.5 Å². The van der Waals surface area contributed by atoms with Gasteiger partial charge in [0, 0.05) is 24.4 Å². The summed E-state index contributed by atoms with van der Waals surface area (Å²) in [6.45, 7) is 0.607. The maximum atomic E-state index is 12.8. The summed E-state index contributed by atoms with van der Waals surface area (Å²) in [6.07, 6.45) is 3.30. The lowest BCUT2D eigenvalue weighted by atomic mass is 10.1. The average Bonchev–Trinajstić information content (AvgIpc) is 3.37. The largest absolute Gasteiger partial charge is 0.331 e. The van der Waals surface area contributed by atoms with Gasteiger partial charge in [0.25, 0.3) is 5.91 Å². The van der Waals surface area contributed by atoms with Crippen molar-refractivity contribution in [2.75, 3.05) is 6.26 Å². The van der Waals surface area contributed by atoms with Crippen molar-refractivity contribution in [2.24, 2.45) is 0 Å². The van der Waals surface area contributed by atoms with Gasteiger partial charge < -0.3 is 4.90 Å². The molecule has 0 unspecified atom stereocenters. The average molecular weight is 343 g/mol. The maximum absolute atomic E-state index is 12.8. The number of benzene rings is 2. The van der Waals surface area contributed by atoms with Crippen LogP contribution in [0.1, 0.15) is 34.3 Å². The number of hydrogen-bond donors (Lipinski definition) is 0. The molecule has 1 saturated carbocycles. The Labute approximate surface area is 143 Å². The highest BCUT2D eigenvalue weighted by Crippen LogP contribution is 2.30. The van der Waals surface area contributed by atoms with E-state index < -0.39 is 9.84 Å². The van der Waals surface area contributed by atoms with Crippen molar-refractivity contribution in [2.45, 2.75) is 31.2 Å². The van der Waals surface area contributed by atoms with E-state index in [1.165, 1.54) is 6.26 Å². The third kappa shape index (κ3) is 4.45. The van der Waals surface area contributed by atoms with Crippen LogP contribution < -0.4 is 0 Å². The third-order valence-electron chi connectivity index (χ3n) is 4.07. The standard InChI is InChI=1S/C19H21NO3S/c1-24(22,23)14-16-7-9-17(10-8-16)19(21)20(18-11-12-18)13-15-5-3-2-4-6-15/h2-10,18H,11-14H2,1H3. The van der Waals surface area contributed by atoms with Crippen LogP contribution in [-0.2, 0) is 22.1 Å². The summed E-state index contributed by atoms with van der Waals surface area (Å²) in [7, 11) is -3.07. The highest BCUT2D eigenvalue weighted by atomic mass is 32.2. The number of hydrogen-bond acceptors (Lipinski definition) is 3. The zero-order valence-electron chi connectivity index (χ0n) is 13.7. The molecule has 0 aliphatic heterocycles. The van der Waals surface area contributed by atoms with Gasteiger partial charge in [-0.05, 0) is 36.1 Å². The molecular formula is C19H21NO3S. The zero-order chi connectivity index (χ0) is 17.2.